The number of aryl methyl sites for hydroxylation is 1. The Bertz CT molecular complexity index is 502. The number of nitrogens with one attached hydrogen (secondary N) is 1. The summed E-state index contributed by atoms with van der Waals surface area (Å²) in [5, 5.41) is 0. The van der Waals surface area contributed by atoms with Crippen molar-refractivity contribution >= 4 is 0 Å². The normalized spacial score (nSPS) is 10.6. The topological polar surface area (TPSA) is 84.9 Å². The first-order valence-electron chi connectivity index (χ1n) is 5.14. The summed E-state index contributed by atoms with van der Waals surface area (Å²) in [7, 11) is 0. The fourth-order valence-corrected chi connectivity index (χ4v) is 1.45. The lowest BCUT2D eigenvalue weighted by Crippen LogP contribution is -2.11. The van der Waals surface area contributed by atoms with Crippen molar-refractivity contribution in [3.05, 3.63) is 40.5 Å². The van der Waals surface area contributed by atoms with E-state index >= 15 is 0 Å². The van der Waals surface area contributed by atoms with Crippen LogP contribution in [0.15, 0.2) is 33.7 Å². The van der Waals surface area contributed by atoms with Gasteiger partial charge in [-0.15, -0.1) is 0 Å². The molecule has 0 bridgehead atoms. The zero-order chi connectivity index (χ0) is 11.4. The molecule has 0 radical (unpaired) electrons. The molecule has 5 nitrogen and oxygen atoms in total. The molecule has 0 saturated carbocycles. The van der Waals surface area contributed by atoms with E-state index < -0.39 is 0 Å². The van der Waals surface area contributed by atoms with Crippen molar-refractivity contribution in [2.45, 2.75) is 12.8 Å². The first-order valence-corrected chi connectivity index (χ1v) is 5.14. The quantitative estimate of drug-likeness (QED) is 0.800. The molecule has 3 N–H and O–H groups in total. The van der Waals surface area contributed by atoms with Crippen molar-refractivity contribution in [3.63, 3.8) is 0 Å². The number of aromatic amines is 1. The van der Waals surface area contributed by atoms with Crippen LogP contribution in [-0.2, 0) is 6.42 Å². The van der Waals surface area contributed by atoms with Crippen LogP contribution in [-0.4, -0.2) is 16.5 Å². The number of rotatable bonds is 4. The standard InChI is InChI=1S/C11H13N3O2/c12-5-1-3-8-7-10(15)14-11(13-8)9-4-2-6-16-9/h2,4,6-7H,1,3,5,12H2,(H,13,14,15). The van der Waals surface area contributed by atoms with Crippen LogP contribution in [0.5, 0.6) is 0 Å². The molecular weight excluding hydrogens is 206 g/mol. The van der Waals surface area contributed by atoms with E-state index in [0.717, 1.165) is 12.1 Å². The second kappa shape index (κ2) is 4.76. The number of nitrogens with two attached hydrogens (primary N) is 1. The molecule has 16 heavy (non-hydrogen) atoms. The summed E-state index contributed by atoms with van der Waals surface area (Å²) >= 11 is 0. The summed E-state index contributed by atoms with van der Waals surface area (Å²) in [6.07, 6.45) is 3.06. The van der Waals surface area contributed by atoms with Gasteiger partial charge < -0.3 is 15.1 Å². The smallest absolute Gasteiger partial charge is 0.251 e. The zero-order valence-corrected chi connectivity index (χ0v) is 8.77. The van der Waals surface area contributed by atoms with E-state index in [9.17, 15) is 4.79 Å². The molecule has 0 amide bonds. The fraction of sp³-hybridized carbons (Fsp3) is 0.273. The van der Waals surface area contributed by atoms with Crippen LogP contribution in [0.3, 0.4) is 0 Å². The molecule has 2 heterocycles. The van der Waals surface area contributed by atoms with Gasteiger partial charge in [-0.05, 0) is 31.5 Å². The third-order valence-corrected chi connectivity index (χ3v) is 2.19. The number of furan rings is 1. The van der Waals surface area contributed by atoms with E-state index in [1.165, 1.54) is 6.07 Å². The van der Waals surface area contributed by atoms with Gasteiger partial charge in [-0.25, -0.2) is 4.98 Å². The molecule has 0 aliphatic rings. The Morgan fingerprint density at radius 1 is 1.50 bits per heavy atom. The Balaban J connectivity index is 2.33. The average molecular weight is 219 g/mol. The summed E-state index contributed by atoms with van der Waals surface area (Å²) in [5.41, 5.74) is 5.98. The van der Waals surface area contributed by atoms with Crippen molar-refractivity contribution in [1.29, 1.82) is 0 Å². The third kappa shape index (κ3) is 2.38. The van der Waals surface area contributed by atoms with Crippen LogP contribution >= 0.6 is 0 Å². The van der Waals surface area contributed by atoms with Gasteiger partial charge in [0.05, 0.1) is 6.26 Å². The Morgan fingerprint density at radius 3 is 3.06 bits per heavy atom. The molecule has 0 saturated heterocycles. The van der Waals surface area contributed by atoms with Gasteiger partial charge in [-0.1, -0.05) is 0 Å². The molecule has 2 rings (SSSR count). The molecule has 0 unspecified atom stereocenters. The fourth-order valence-electron chi connectivity index (χ4n) is 1.45. The largest absolute Gasteiger partial charge is 0.461 e. The summed E-state index contributed by atoms with van der Waals surface area (Å²) in [6, 6.07) is 5.00. The minimum atomic E-state index is -0.173. The second-order valence-electron chi connectivity index (χ2n) is 3.45. The van der Waals surface area contributed by atoms with Crippen LogP contribution in [0.4, 0.5) is 0 Å². The van der Waals surface area contributed by atoms with Crippen molar-refractivity contribution in [2.24, 2.45) is 5.73 Å². The minimum absolute atomic E-state index is 0.173. The van der Waals surface area contributed by atoms with Gasteiger partial charge in [0.25, 0.3) is 5.56 Å². The van der Waals surface area contributed by atoms with E-state index in [-0.39, 0.29) is 5.56 Å². The van der Waals surface area contributed by atoms with Crippen molar-refractivity contribution < 1.29 is 4.42 Å². The van der Waals surface area contributed by atoms with E-state index in [2.05, 4.69) is 9.97 Å². The maximum atomic E-state index is 11.4. The number of H-pyrrole nitrogens is 1. The summed E-state index contributed by atoms with van der Waals surface area (Å²) < 4.78 is 5.18. The first kappa shape index (κ1) is 10.6. The van der Waals surface area contributed by atoms with Crippen LogP contribution in [0, 0.1) is 0 Å². The predicted molar refractivity (Wildman–Crippen MR) is 59.9 cm³/mol. The van der Waals surface area contributed by atoms with Gasteiger partial charge in [0.15, 0.2) is 11.6 Å². The molecule has 0 spiro atoms. The SMILES string of the molecule is NCCCc1cc(=O)[nH]c(-c2ccco2)n1. The summed E-state index contributed by atoms with van der Waals surface area (Å²) in [6.45, 7) is 0.588. The number of hydrogen-bond acceptors (Lipinski definition) is 4. The van der Waals surface area contributed by atoms with E-state index in [1.54, 1.807) is 18.4 Å². The van der Waals surface area contributed by atoms with Gasteiger partial charge in [0.1, 0.15) is 0 Å². The van der Waals surface area contributed by atoms with Crippen LogP contribution < -0.4 is 11.3 Å². The molecule has 5 heteroatoms. The lowest BCUT2D eigenvalue weighted by Gasteiger charge is -2.01. The maximum absolute atomic E-state index is 11.4. The second-order valence-corrected chi connectivity index (χ2v) is 3.45. The van der Waals surface area contributed by atoms with Crippen molar-refractivity contribution in [3.8, 4) is 11.6 Å². The molecule has 2 aromatic heterocycles. The van der Waals surface area contributed by atoms with E-state index in [4.69, 9.17) is 10.2 Å². The van der Waals surface area contributed by atoms with Crippen molar-refractivity contribution in [2.75, 3.05) is 6.54 Å². The molecule has 84 valence electrons. The highest BCUT2D eigenvalue weighted by molar-refractivity contribution is 5.45. The van der Waals surface area contributed by atoms with Gasteiger partial charge in [0, 0.05) is 11.8 Å². The number of hydrogen-bond donors (Lipinski definition) is 2. The number of nitrogens with zero attached hydrogens (tertiary/aromatic N) is 1. The highest BCUT2D eigenvalue weighted by Crippen LogP contribution is 2.13. The third-order valence-electron chi connectivity index (χ3n) is 2.19. The van der Waals surface area contributed by atoms with Crippen LogP contribution in [0.1, 0.15) is 12.1 Å². The van der Waals surface area contributed by atoms with Gasteiger partial charge in [-0.2, -0.15) is 0 Å². The monoisotopic (exact) mass is 219 g/mol. The van der Waals surface area contributed by atoms with Gasteiger partial charge in [0.2, 0.25) is 0 Å². The number of aromatic nitrogens is 2. The molecule has 0 fully saturated rings. The zero-order valence-electron chi connectivity index (χ0n) is 8.77. The van der Waals surface area contributed by atoms with E-state index in [0.29, 0.717) is 24.6 Å². The molecule has 0 aromatic carbocycles. The Kier molecular flexibility index (Phi) is 3.16. The first-order chi connectivity index (χ1) is 7.79. The summed E-state index contributed by atoms with van der Waals surface area (Å²) in [4.78, 5) is 18.3. The van der Waals surface area contributed by atoms with Gasteiger partial charge in [-0.3, -0.25) is 4.79 Å². The molecular formula is C11H13N3O2. The van der Waals surface area contributed by atoms with Crippen LogP contribution in [0.2, 0.25) is 0 Å². The summed E-state index contributed by atoms with van der Waals surface area (Å²) in [5.74, 6) is 1.02. The Morgan fingerprint density at radius 2 is 2.38 bits per heavy atom. The molecule has 2 aromatic rings. The maximum Gasteiger partial charge on any atom is 0.251 e. The highest BCUT2D eigenvalue weighted by Gasteiger charge is 2.05. The Labute approximate surface area is 92.3 Å². The minimum Gasteiger partial charge on any atom is -0.461 e. The lowest BCUT2D eigenvalue weighted by atomic mass is 10.2. The predicted octanol–water partition coefficient (Wildman–Crippen LogP) is 0.921. The van der Waals surface area contributed by atoms with Gasteiger partial charge >= 0.3 is 0 Å². The van der Waals surface area contributed by atoms with Crippen molar-refractivity contribution in [1.82, 2.24) is 9.97 Å². The molecule has 0 aliphatic carbocycles. The average Bonchev–Trinajstić information content (AvgIpc) is 2.79. The molecule has 0 atom stereocenters. The molecule has 0 aliphatic heterocycles. The van der Waals surface area contributed by atoms with Crippen LogP contribution in [0.25, 0.3) is 11.6 Å². The lowest BCUT2D eigenvalue weighted by molar-refractivity contribution is 0.576. The Hall–Kier alpha value is -1.88. The highest BCUT2D eigenvalue weighted by atomic mass is 16.3. The van der Waals surface area contributed by atoms with E-state index in [1.807, 2.05) is 0 Å².